The van der Waals surface area contributed by atoms with Gasteiger partial charge >= 0.3 is 0 Å². The lowest BCUT2D eigenvalue weighted by Gasteiger charge is -1.87. The molecule has 0 aliphatic heterocycles. The average Bonchev–Trinajstić information content (AvgIpc) is 1.61. The lowest BCUT2D eigenvalue weighted by molar-refractivity contribution is 0.689. The second-order valence-electron chi connectivity index (χ2n) is 0.976. The molecule has 4 heteroatoms. The van der Waals surface area contributed by atoms with E-state index in [1.54, 1.807) is 27.8 Å². The minimum absolute atomic E-state index is 0.623. The van der Waals surface area contributed by atoms with Crippen LogP contribution in [0.5, 0.6) is 0 Å². The molecule has 0 spiro atoms. The zero-order valence-corrected chi connectivity index (χ0v) is 6.79. The molecule has 0 radical (unpaired) electrons. The van der Waals surface area contributed by atoms with Gasteiger partial charge in [0.25, 0.3) is 0 Å². The van der Waals surface area contributed by atoms with Crippen LogP contribution in [0.25, 0.3) is 0 Å². The van der Waals surface area contributed by atoms with Crippen LogP contribution in [-0.4, -0.2) is 21.8 Å². The van der Waals surface area contributed by atoms with E-state index >= 15 is 0 Å². The van der Waals surface area contributed by atoms with Crippen LogP contribution in [0.1, 0.15) is 0 Å². The summed E-state index contributed by atoms with van der Waals surface area (Å²) in [7, 11) is 2.66. The number of rotatable bonds is 3. The quantitative estimate of drug-likeness (QED) is 0.574. The Kier molecular flexibility index (Phi) is 5.60. The summed E-state index contributed by atoms with van der Waals surface area (Å²) in [5.41, 5.74) is 0. The predicted octanol–water partition coefficient (Wildman–Crippen LogP) is 1.33. The molecule has 0 aliphatic rings. The molecule has 0 fully saturated rings. The highest BCUT2D eigenvalue weighted by Gasteiger charge is 1.86. The van der Waals surface area contributed by atoms with Crippen LogP contribution in [0.2, 0.25) is 0 Å². The Morgan fingerprint density at radius 3 is 2.43 bits per heavy atom. The summed E-state index contributed by atoms with van der Waals surface area (Å²) in [5.74, 6) is 0. The molecule has 0 aromatic heterocycles. The number of hydrogen-bond donors (Lipinski definition) is 0. The van der Waals surface area contributed by atoms with Crippen LogP contribution in [0.3, 0.4) is 0 Å². The first-order chi connectivity index (χ1) is 3.27. The van der Waals surface area contributed by atoms with E-state index in [2.05, 4.69) is 0 Å². The molecule has 0 heterocycles. The van der Waals surface area contributed by atoms with Crippen molar-refractivity contribution in [2.75, 3.05) is 17.6 Å². The molecule has 1 atom stereocenters. The SMILES string of the molecule is CSSC[S@@](C)=O. The van der Waals surface area contributed by atoms with Crippen molar-refractivity contribution in [1.29, 1.82) is 0 Å². The van der Waals surface area contributed by atoms with Crippen molar-refractivity contribution in [1.82, 2.24) is 0 Å². The first kappa shape index (κ1) is 7.85. The normalized spacial score (nSPS) is 14.0. The maximum absolute atomic E-state index is 10.3. The molecule has 0 aliphatic carbocycles. The maximum atomic E-state index is 10.3. The van der Waals surface area contributed by atoms with Gasteiger partial charge in [-0.1, -0.05) is 21.6 Å². The van der Waals surface area contributed by atoms with E-state index in [-0.39, 0.29) is 0 Å². The maximum Gasteiger partial charge on any atom is 0.0793 e. The smallest absolute Gasteiger partial charge is 0.0793 e. The molecule has 0 saturated heterocycles. The van der Waals surface area contributed by atoms with Gasteiger partial charge in [0.15, 0.2) is 0 Å². The molecular formula is C3H8OS3. The highest BCUT2D eigenvalue weighted by molar-refractivity contribution is 8.77. The third-order valence-electron chi connectivity index (χ3n) is 0.332. The molecule has 0 saturated carbocycles. The van der Waals surface area contributed by atoms with E-state index in [1.165, 1.54) is 0 Å². The van der Waals surface area contributed by atoms with Gasteiger partial charge in [-0.05, 0) is 6.26 Å². The molecule has 44 valence electrons. The zero-order chi connectivity index (χ0) is 5.70. The van der Waals surface area contributed by atoms with Crippen LogP contribution in [0, 0.1) is 0 Å². The third kappa shape index (κ3) is 6.85. The third-order valence-corrected chi connectivity index (χ3v) is 3.85. The fourth-order valence-corrected chi connectivity index (χ4v) is 3.13. The van der Waals surface area contributed by atoms with Gasteiger partial charge in [-0.3, -0.25) is 4.21 Å². The summed E-state index contributed by atoms with van der Waals surface area (Å²) in [6, 6.07) is 0. The van der Waals surface area contributed by atoms with Gasteiger partial charge in [0.1, 0.15) is 0 Å². The Bertz CT molecular complexity index is 63.2. The molecule has 0 aromatic rings. The Labute approximate surface area is 54.5 Å². The highest BCUT2D eigenvalue weighted by Crippen LogP contribution is 2.16. The summed E-state index contributed by atoms with van der Waals surface area (Å²) >= 11 is 0. The summed E-state index contributed by atoms with van der Waals surface area (Å²) in [5, 5.41) is 0.751. The van der Waals surface area contributed by atoms with Crippen molar-refractivity contribution in [2.24, 2.45) is 0 Å². The van der Waals surface area contributed by atoms with Crippen molar-refractivity contribution in [3.8, 4) is 0 Å². The molecule has 7 heavy (non-hydrogen) atoms. The van der Waals surface area contributed by atoms with Crippen LogP contribution in [0.15, 0.2) is 0 Å². The van der Waals surface area contributed by atoms with Crippen molar-refractivity contribution in [3.63, 3.8) is 0 Å². The molecule has 0 aromatic carbocycles. The van der Waals surface area contributed by atoms with Crippen LogP contribution >= 0.6 is 21.6 Å². The lowest BCUT2D eigenvalue weighted by atomic mass is 11.9. The van der Waals surface area contributed by atoms with E-state index in [4.69, 9.17) is 0 Å². The van der Waals surface area contributed by atoms with Crippen molar-refractivity contribution in [2.45, 2.75) is 0 Å². The fourth-order valence-electron chi connectivity index (χ4n) is 0.116. The molecular weight excluding hydrogens is 148 g/mol. The summed E-state index contributed by atoms with van der Waals surface area (Å²) in [6.45, 7) is 0. The standard InChI is InChI=1S/C3H8OS3/c1-5-6-3-7(2)4/h3H2,1-2H3/t7-/m1/s1. The monoisotopic (exact) mass is 156 g/mol. The molecule has 0 rings (SSSR count). The van der Waals surface area contributed by atoms with Gasteiger partial charge in [-0.15, -0.1) is 0 Å². The molecule has 0 amide bonds. The summed E-state index contributed by atoms with van der Waals surface area (Å²) < 4.78 is 10.3. The molecule has 1 nitrogen and oxygen atoms in total. The van der Waals surface area contributed by atoms with Crippen LogP contribution in [0.4, 0.5) is 0 Å². The van der Waals surface area contributed by atoms with Crippen molar-refractivity contribution in [3.05, 3.63) is 0 Å². The molecule has 0 bridgehead atoms. The van der Waals surface area contributed by atoms with Gasteiger partial charge in [0, 0.05) is 17.1 Å². The highest BCUT2D eigenvalue weighted by atomic mass is 33.1. The van der Waals surface area contributed by atoms with E-state index in [0.717, 1.165) is 5.08 Å². The minimum atomic E-state index is -0.623. The Morgan fingerprint density at radius 1 is 1.71 bits per heavy atom. The molecule has 0 unspecified atom stereocenters. The zero-order valence-electron chi connectivity index (χ0n) is 4.34. The summed E-state index contributed by atoms with van der Waals surface area (Å²) in [4.78, 5) is 0. The number of hydrogen-bond acceptors (Lipinski definition) is 3. The van der Waals surface area contributed by atoms with Crippen LogP contribution < -0.4 is 0 Å². The fraction of sp³-hybridized carbons (Fsp3) is 1.00. The predicted molar refractivity (Wildman–Crippen MR) is 40.0 cm³/mol. The van der Waals surface area contributed by atoms with E-state index in [0.29, 0.717) is 0 Å². The lowest BCUT2D eigenvalue weighted by Crippen LogP contribution is -1.84. The Hall–Kier alpha value is 0.850. The largest absolute Gasteiger partial charge is 0.259 e. The van der Waals surface area contributed by atoms with Gasteiger partial charge in [0.2, 0.25) is 0 Å². The first-order valence-corrected chi connectivity index (χ1v) is 6.18. The van der Waals surface area contributed by atoms with Crippen LogP contribution in [-0.2, 0) is 10.8 Å². The molecule has 0 N–H and O–H groups in total. The Morgan fingerprint density at radius 2 is 2.29 bits per heavy atom. The topological polar surface area (TPSA) is 17.1 Å². The average molecular weight is 156 g/mol. The second-order valence-corrected chi connectivity index (χ2v) is 5.34. The first-order valence-electron chi connectivity index (χ1n) is 1.73. The van der Waals surface area contributed by atoms with Gasteiger partial charge < -0.3 is 0 Å². The Balaban J connectivity index is 2.82. The van der Waals surface area contributed by atoms with Gasteiger partial charge in [-0.25, -0.2) is 0 Å². The minimum Gasteiger partial charge on any atom is -0.259 e. The van der Waals surface area contributed by atoms with Crippen molar-refractivity contribution >= 4 is 32.4 Å². The van der Waals surface area contributed by atoms with E-state index in [1.807, 2.05) is 6.26 Å². The summed E-state index contributed by atoms with van der Waals surface area (Å²) in [6.07, 6.45) is 3.70. The van der Waals surface area contributed by atoms with E-state index in [9.17, 15) is 4.21 Å². The second kappa shape index (κ2) is 5.00. The van der Waals surface area contributed by atoms with Gasteiger partial charge in [-0.2, -0.15) is 0 Å². The van der Waals surface area contributed by atoms with E-state index < -0.39 is 10.8 Å². The van der Waals surface area contributed by atoms with Gasteiger partial charge in [0.05, 0.1) is 5.08 Å². The van der Waals surface area contributed by atoms with Crippen molar-refractivity contribution < 1.29 is 4.21 Å².